The summed E-state index contributed by atoms with van der Waals surface area (Å²) >= 11 is 7.06. The van der Waals surface area contributed by atoms with Gasteiger partial charge in [0.05, 0.1) is 5.33 Å². The summed E-state index contributed by atoms with van der Waals surface area (Å²) in [5.74, 6) is 0. The van der Waals surface area contributed by atoms with E-state index in [1.165, 1.54) is 5.30 Å². The standard InChI is InChI=1S/C8H12Br2NP/c1-8(2,3)11-5-4-7(6-11)12(9)10/h4-6H,1-3H3. The molecule has 0 radical (unpaired) electrons. The Hall–Kier alpha value is 0.670. The van der Waals surface area contributed by atoms with Crippen molar-refractivity contribution in [2.75, 3.05) is 0 Å². The zero-order chi connectivity index (χ0) is 9.35. The SMILES string of the molecule is CC(C)(C)n1ccc(P(Br)Br)c1. The smallest absolute Gasteiger partial charge is 0.0669 e. The second-order valence-electron chi connectivity index (χ2n) is 3.68. The number of hydrogen-bond acceptors (Lipinski definition) is 0. The van der Waals surface area contributed by atoms with Gasteiger partial charge >= 0.3 is 0 Å². The molecule has 0 aromatic carbocycles. The van der Waals surface area contributed by atoms with E-state index in [1.807, 2.05) is 0 Å². The quantitative estimate of drug-likeness (QED) is 0.692. The van der Waals surface area contributed by atoms with E-state index in [2.05, 4.69) is 74.8 Å². The first kappa shape index (κ1) is 10.7. The molecule has 1 aromatic rings. The van der Waals surface area contributed by atoms with E-state index in [-0.39, 0.29) is 10.9 Å². The van der Waals surface area contributed by atoms with Crippen LogP contribution in [0.25, 0.3) is 0 Å². The van der Waals surface area contributed by atoms with Crippen LogP contribution in [0.2, 0.25) is 0 Å². The molecule has 0 aliphatic heterocycles. The minimum Gasteiger partial charge on any atom is -0.348 e. The summed E-state index contributed by atoms with van der Waals surface area (Å²) in [6, 6.07) is 2.14. The molecule has 0 spiro atoms. The largest absolute Gasteiger partial charge is 0.348 e. The van der Waals surface area contributed by atoms with Gasteiger partial charge in [-0.05, 0) is 57.8 Å². The van der Waals surface area contributed by atoms with Crippen LogP contribution in [0.1, 0.15) is 20.8 Å². The molecule has 68 valence electrons. The Bertz CT molecular complexity index is 262. The van der Waals surface area contributed by atoms with Crippen molar-refractivity contribution < 1.29 is 0 Å². The van der Waals surface area contributed by atoms with Crippen LogP contribution in [0.15, 0.2) is 18.5 Å². The first-order chi connectivity index (χ1) is 5.41. The van der Waals surface area contributed by atoms with Gasteiger partial charge in [0.25, 0.3) is 0 Å². The summed E-state index contributed by atoms with van der Waals surface area (Å²) in [6.45, 7) is 6.59. The zero-order valence-corrected chi connectivity index (χ0v) is 11.4. The maximum Gasteiger partial charge on any atom is 0.0669 e. The molecule has 1 heterocycles. The highest BCUT2D eigenvalue weighted by Gasteiger charge is 2.13. The minimum absolute atomic E-state index is 0.184. The van der Waals surface area contributed by atoms with Crippen LogP contribution in [0.4, 0.5) is 0 Å². The summed E-state index contributed by atoms with van der Waals surface area (Å²) < 4.78 is 2.22. The van der Waals surface area contributed by atoms with Crippen molar-refractivity contribution in [1.29, 1.82) is 0 Å². The van der Waals surface area contributed by atoms with Crippen molar-refractivity contribution in [2.45, 2.75) is 26.3 Å². The average molecular weight is 313 g/mol. The van der Waals surface area contributed by atoms with E-state index in [0.29, 0.717) is 0 Å². The topological polar surface area (TPSA) is 4.93 Å². The first-order valence-electron chi connectivity index (χ1n) is 3.71. The Balaban J connectivity index is 2.92. The Morgan fingerprint density at radius 3 is 2.17 bits per heavy atom. The second-order valence-corrected chi connectivity index (χ2v) is 11.8. The predicted molar refractivity (Wildman–Crippen MR) is 63.8 cm³/mol. The monoisotopic (exact) mass is 311 g/mol. The second kappa shape index (κ2) is 3.81. The number of nitrogens with zero attached hydrogens (tertiary/aromatic N) is 1. The van der Waals surface area contributed by atoms with Crippen LogP contribution >= 0.6 is 36.3 Å². The molecular formula is C8H12Br2NP. The van der Waals surface area contributed by atoms with Crippen LogP contribution in [-0.4, -0.2) is 4.57 Å². The van der Waals surface area contributed by atoms with Gasteiger partial charge in [-0.15, -0.1) is 0 Å². The molecule has 0 aliphatic carbocycles. The highest BCUT2D eigenvalue weighted by Crippen LogP contribution is 2.50. The van der Waals surface area contributed by atoms with E-state index < -0.39 is 0 Å². The molecule has 1 nitrogen and oxygen atoms in total. The summed E-state index contributed by atoms with van der Waals surface area (Å²) in [5, 5.41) is 1.00. The molecule has 0 saturated carbocycles. The molecule has 0 amide bonds. The van der Waals surface area contributed by atoms with Crippen LogP contribution in [0, 0.1) is 0 Å². The van der Waals surface area contributed by atoms with Crippen LogP contribution < -0.4 is 5.30 Å². The van der Waals surface area contributed by atoms with E-state index in [0.717, 1.165) is 0 Å². The van der Waals surface area contributed by atoms with E-state index in [9.17, 15) is 0 Å². The molecule has 0 N–H and O–H groups in total. The van der Waals surface area contributed by atoms with Gasteiger partial charge in [-0.25, -0.2) is 0 Å². The maximum atomic E-state index is 3.53. The number of halogens is 2. The summed E-state index contributed by atoms with van der Waals surface area (Å²) in [6.07, 6.45) is 4.29. The van der Waals surface area contributed by atoms with Crippen molar-refractivity contribution in [2.24, 2.45) is 0 Å². The lowest BCUT2D eigenvalue weighted by atomic mass is 10.1. The lowest BCUT2D eigenvalue weighted by Gasteiger charge is -2.20. The molecule has 0 atom stereocenters. The molecule has 0 fully saturated rings. The molecular weight excluding hydrogens is 301 g/mol. The molecule has 12 heavy (non-hydrogen) atoms. The van der Waals surface area contributed by atoms with Crippen molar-refractivity contribution in [3.05, 3.63) is 18.5 Å². The highest BCUT2D eigenvalue weighted by molar-refractivity contribution is 9.70. The van der Waals surface area contributed by atoms with E-state index >= 15 is 0 Å². The van der Waals surface area contributed by atoms with Crippen molar-refractivity contribution >= 4 is 41.6 Å². The Morgan fingerprint density at radius 1 is 1.33 bits per heavy atom. The van der Waals surface area contributed by atoms with Gasteiger partial charge in [0.1, 0.15) is 0 Å². The number of aromatic nitrogens is 1. The van der Waals surface area contributed by atoms with Crippen LogP contribution in [-0.2, 0) is 5.54 Å². The predicted octanol–water partition coefficient (Wildman–Crippen LogP) is 3.97. The van der Waals surface area contributed by atoms with Crippen molar-refractivity contribution in [3.8, 4) is 0 Å². The number of hydrogen-bond donors (Lipinski definition) is 0. The first-order valence-corrected chi connectivity index (χ1v) is 9.09. The van der Waals surface area contributed by atoms with Gasteiger partial charge in [-0.2, -0.15) is 0 Å². The molecule has 1 rings (SSSR count). The molecule has 0 aliphatic rings. The van der Waals surface area contributed by atoms with Crippen LogP contribution in [0.3, 0.4) is 0 Å². The van der Waals surface area contributed by atoms with Gasteiger partial charge in [0.2, 0.25) is 0 Å². The lowest BCUT2D eigenvalue weighted by Crippen LogP contribution is -2.20. The zero-order valence-electron chi connectivity index (χ0n) is 7.38. The highest BCUT2D eigenvalue weighted by atomic mass is 79.9. The molecule has 4 heteroatoms. The van der Waals surface area contributed by atoms with E-state index in [4.69, 9.17) is 0 Å². The Kier molecular flexibility index (Phi) is 3.41. The van der Waals surface area contributed by atoms with Gasteiger partial charge in [0.15, 0.2) is 0 Å². The fourth-order valence-electron chi connectivity index (χ4n) is 0.902. The molecule has 0 bridgehead atoms. The van der Waals surface area contributed by atoms with Crippen LogP contribution in [0.5, 0.6) is 0 Å². The fourth-order valence-corrected chi connectivity index (χ4v) is 2.55. The fraction of sp³-hybridized carbons (Fsp3) is 0.500. The van der Waals surface area contributed by atoms with Gasteiger partial charge in [0, 0.05) is 23.2 Å². The Labute approximate surface area is 90.8 Å². The third kappa shape index (κ3) is 2.58. The average Bonchev–Trinajstić information content (AvgIpc) is 2.30. The Morgan fingerprint density at radius 2 is 1.92 bits per heavy atom. The van der Waals surface area contributed by atoms with Gasteiger partial charge < -0.3 is 4.57 Å². The molecule has 0 unspecified atom stereocenters. The van der Waals surface area contributed by atoms with E-state index in [1.54, 1.807) is 0 Å². The maximum absolute atomic E-state index is 3.53. The number of rotatable bonds is 1. The summed E-state index contributed by atoms with van der Waals surface area (Å²) in [7, 11) is 0. The third-order valence-corrected chi connectivity index (χ3v) is 4.76. The van der Waals surface area contributed by atoms with Gasteiger partial charge in [-0.3, -0.25) is 0 Å². The molecule has 1 aromatic heterocycles. The molecule has 0 saturated heterocycles. The minimum atomic E-state index is -0.318. The van der Waals surface area contributed by atoms with Crippen molar-refractivity contribution in [3.63, 3.8) is 0 Å². The van der Waals surface area contributed by atoms with Crippen molar-refractivity contribution in [1.82, 2.24) is 4.57 Å². The third-order valence-electron chi connectivity index (χ3n) is 1.65. The summed E-state index contributed by atoms with van der Waals surface area (Å²) in [4.78, 5) is 0. The lowest BCUT2D eigenvalue weighted by molar-refractivity contribution is 0.399. The summed E-state index contributed by atoms with van der Waals surface area (Å²) in [5.41, 5.74) is 0.184. The normalized spacial score (nSPS) is 12.5. The van der Waals surface area contributed by atoms with Gasteiger partial charge in [-0.1, -0.05) is 0 Å².